The third-order valence-electron chi connectivity index (χ3n) is 2.91. The van der Waals surface area contributed by atoms with Crippen LogP contribution in [0.4, 0.5) is 11.0 Å². The molecule has 0 radical (unpaired) electrons. The van der Waals surface area contributed by atoms with Crippen molar-refractivity contribution in [1.82, 2.24) is 10.2 Å². The number of carbonyl (C=O) groups is 1. The Bertz CT molecular complexity index is 894. The molecule has 0 unspecified atom stereocenters. The smallest absolute Gasteiger partial charge is 0.324 e. The quantitative estimate of drug-likeness (QED) is 0.574. The van der Waals surface area contributed by atoms with Crippen molar-refractivity contribution in [1.29, 1.82) is 0 Å². The van der Waals surface area contributed by atoms with Gasteiger partial charge in [-0.15, -0.1) is 5.10 Å². The SMILES string of the molecule is Cc1cc(-c2nnc(NC(=O)c3ccc([N+](=O)[O-])s3)o2)c(C)o1. The molecule has 0 fully saturated rings. The highest BCUT2D eigenvalue weighted by Gasteiger charge is 2.19. The predicted molar refractivity (Wildman–Crippen MR) is 80.4 cm³/mol. The van der Waals surface area contributed by atoms with Crippen LogP contribution in [0.2, 0.25) is 0 Å². The Morgan fingerprint density at radius 2 is 2.09 bits per heavy atom. The second kappa shape index (κ2) is 5.65. The molecule has 3 aromatic heterocycles. The first kappa shape index (κ1) is 14.9. The van der Waals surface area contributed by atoms with Gasteiger partial charge in [0.1, 0.15) is 11.5 Å². The van der Waals surface area contributed by atoms with Gasteiger partial charge in [-0.2, -0.15) is 0 Å². The van der Waals surface area contributed by atoms with E-state index in [4.69, 9.17) is 8.83 Å². The summed E-state index contributed by atoms with van der Waals surface area (Å²) in [4.78, 5) is 22.2. The summed E-state index contributed by atoms with van der Waals surface area (Å²) in [6.45, 7) is 3.55. The predicted octanol–water partition coefficient (Wildman–Crippen LogP) is 3.17. The molecule has 0 atom stereocenters. The van der Waals surface area contributed by atoms with E-state index in [-0.39, 0.29) is 21.8 Å². The molecule has 23 heavy (non-hydrogen) atoms. The van der Waals surface area contributed by atoms with Gasteiger partial charge in [0.05, 0.1) is 15.4 Å². The van der Waals surface area contributed by atoms with Gasteiger partial charge in [-0.05, 0) is 26.0 Å². The number of amides is 1. The summed E-state index contributed by atoms with van der Waals surface area (Å²) in [5.41, 5.74) is 0.641. The first-order valence-corrected chi connectivity index (χ1v) is 7.22. The van der Waals surface area contributed by atoms with Crippen LogP contribution in [0.25, 0.3) is 11.5 Å². The van der Waals surface area contributed by atoms with Crippen LogP contribution in [-0.4, -0.2) is 21.0 Å². The molecule has 3 rings (SSSR count). The zero-order chi connectivity index (χ0) is 16.6. The lowest BCUT2D eigenvalue weighted by Gasteiger charge is -1.95. The number of nitrogens with one attached hydrogen (secondary N) is 1. The summed E-state index contributed by atoms with van der Waals surface area (Å²) in [6, 6.07) is 4.27. The minimum atomic E-state index is -0.559. The van der Waals surface area contributed by atoms with E-state index in [2.05, 4.69) is 15.5 Å². The normalized spacial score (nSPS) is 10.7. The number of rotatable bonds is 4. The van der Waals surface area contributed by atoms with Gasteiger partial charge in [0, 0.05) is 6.07 Å². The van der Waals surface area contributed by atoms with Crippen LogP contribution >= 0.6 is 11.3 Å². The Kier molecular flexibility index (Phi) is 3.66. The molecule has 1 N–H and O–H groups in total. The zero-order valence-corrected chi connectivity index (χ0v) is 12.8. The van der Waals surface area contributed by atoms with E-state index in [9.17, 15) is 14.9 Å². The summed E-state index contributed by atoms with van der Waals surface area (Å²) in [5, 5.41) is 20.5. The fourth-order valence-electron chi connectivity index (χ4n) is 1.93. The highest BCUT2D eigenvalue weighted by atomic mass is 32.1. The van der Waals surface area contributed by atoms with Crippen molar-refractivity contribution >= 4 is 28.3 Å². The first-order valence-electron chi connectivity index (χ1n) is 6.40. The van der Waals surface area contributed by atoms with Crippen molar-refractivity contribution in [3.8, 4) is 11.5 Å². The minimum Gasteiger partial charge on any atom is -0.466 e. The molecule has 9 nitrogen and oxygen atoms in total. The fourth-order valence-corrected chi connectivity index (χ4v) is 2.65. The van der Waals surface area contributed by atoms with Crippen LogP contribution in [-0.2, 0) is 0 Å². The number of thiophene rings is 1. The van der Waals surface area contributed by atoms with Crippen LogP contribution < -0.4 is 5.32 Å². The maximum Gasteiger partial charge on any atom is 0.324 e. The maximum atomic E-state index is 12.0. The number of nitro groups is 1. The van der Waals surface area contributed by atoms with Gasteiger partial charge >= 0.3 is 11.0 Å². The molecule has 0 saturated carbocycles. The van der Waals surface area contributed by atoms with E-state index in [1.54, 1.807) is 19.9 Å². The van der Waals surface area contributed by atoms with Crippen molar-refractivity contribution in [3.63, 3.8) is 0 Å². The lowest BCUT2D eigenvalue weighted by Crippen LogP contribution is -2.10. The van der Waals surface area contributed by atoms with Gasteiger partial charge in [0.25, 0.3) is 11.8 Å². The minimum absolute atomic E-state index is 0.0979. The van der Waals surface area contributed by atoms with E-state index in [0.717, 1.165) is 11.3 Å². The Balaban J connectivity index is 1.77. The molecule has 0 aliphatic carbocycles. The van der Waals surface area contributed by atoms with Gasteiger partial charge in [-0.1, -0.05) is 16.4 Å². The van der Waals surface area contributed by atoms with E-state index < -0.39 is 10.8 Å². The average molecular weight is 334 g/mol. The van der Waals surface area contributed by atoms with Gasteiger partial charge in [0.15, 0.2) is 0 Å². The fraction of sp³-hybridized carbons (Fsp3) is 0.154. The van der Waals surface area contributed by atoms with Crippen LogP contribution in [0.1, 0.15) is 21.2 Å². The summed E-state index contributed by atoms with van der Waals surface area (Å²) in [6.07, 6.45) is 0. The zero-order valence-electron chi connectivity index (χ0n) is 12.0. The van der Waals surface area contributed by atoms with Crippen molar-refractivity contribution in [2.75, 3.05) is 5.32 Å². The van der Waals surface area contributed by atoms with Crippen molar-refractivity contribution < 1.29 is 18.6 Å². The monoisotopic (exact) mass is 334 g/mol. The number of carbonyl (C=O) groups excluding carboxylic acids is 1. The van der Waals surface area contributed by atoms with Gasteiger partial charge in [-0.3, -0.25) is 20.2 Å². The third kappa shape index (κ3) is 2.97. The molecule has 0 aliphatic rings. The number of aromatic nitrogens is 2. The topological polar surface area (TPSA) is 124 Å². The van der Waals surface area contributed by atoms with Crippen LogP contribution in [0, 0.1) is 24.0 Å². The molecule has 118 valence electrons. The summed E-state index contributed by atoms with van der Waals surface area (Å²) < 4.78 is 10.7. The molecule has 1 amide bonds. The maximum absolute atomic E-state index is 12.0. The summed E-state index contributed by atoms with van der Waals surface area (Å²) in [7, 11) is 0. The van der Waals surface area contributed by atoms with Gasteiger partial charge < -0.3 is 8.83 Å². The van der Waals surface area contributed by atoms with Crippen LogP contribution in [0.5, 0.6) is 0 Å². The van der Waals surface area contributed by atoms with Crippen molar-refractivity contribution in [2.24, 2.45) is 0 Å². The number of aryl methyl sites for hydroxylation is 2. The van der Waals surface area contributed by atoms with Crippen molar-refractivity contribution in [2.45, 2.75) is 13.8 Å². The van der Waals surface area contributed by atoms with Crippen molar-refractivity contribution in [3.05, 3.63) is 44.7 Å². The summed E-state index contributed by atoms with van der Waals surface area (Å²) in [5.74, 6) is 0.982. The van der Waals surface area contributed by atoms with E-state index >= 15 is 0 Å². The molecule has 3 heterocycles. The number of hydrogen-bond acceptors (Lipinski definition) is 8. The number of nitrogens with zero attached hydrogens (tertiary/aromatic N) is 3. The molecule has 10 heteroatoms. The van der Waals surface area contributed by atoms with E-state index in [1.165, 1.54) is 12.1 Å². The van der Waals surface area contributed by atoms with Crippen LogP contribution in [0.3, 0.4) is 0 Å². The molecule has 0 saturated heterocycles. The third-order valence-corrected chi connectivity index (χ3v) is 3.95. The highest BCUT2D eigenvalue weighted by molar-refractivity contribution is 7.17. The standard InChI is InChI=1S/C13H10N4O5S/c1-6-5-8(7(2)21-6)12-15-16-13(22-12)14-11(18)9-3-4-10(23-9)17(19)20/h3-5H,1-2H3,(H,14,16,18). The second-order valence-corrected chi connectivity index (χ2v) is 5.65. The van der Waals surface area contributed by atoms with Gasteiger partial charge in [-0.25, -0.2) is 0 Å². The molecule has 0 aliphatic heterocycles. The largest absolute Gasteiger partial charge is 0.466 e. The summed E-state index contributed by atoms with van der Waals surface area (Å²) >= 11 is 0.761. The average Bonchev–Trinajstić information content (AvgIpc) is 3.18. The number of hydrogen-bond donors (Lipinski definition) is 1. The highest BCUT2D eigenvalue weighted by Crippen LogP contribution is 2.27. The second-order valence-electron chi connectivity index (χ2n) is 4.59. The Morgan fingerprint density at radius 1 is 1.30 bits per heavy atom. The number of anilines is 1. The Morgan fingerprint density at radius 3 is 2.70 bits per heavy atom. The first-order chi connectivity index (χ1) is 10.9. The molecule has 0 aromatic carbocycles. The number of furan rings is 1. The molecular weight excluding hydrogens is 324 g/mol. The van der Waals surface area contributed by atoms with Crippen LogP contribution in [0.15, 0.2) is 27.0 Å². The van der Waals surface area contributed by atoms with Gasteiger partial charge in [0.2, 0.25) is 0 Å². The van der Waals surface area contributed by atoms with E-state index in [1.807, 2.05) is 0 Å². The Labute approximate surface area is 133 Å². The lowest BCUT2D eigenvalue weighted by atomic mass is 10.2. The molecule has 3 aromatic rings. The Hall–Kier alpha value is -3.01. The molecule has 0 spiro atoms. The molecular formula is C13H10N4O5S. The molecule has 0 bridgehead atoms. The lowest BCUT2D eigenvalue weighted by molar-refractivity contribution is -0.380. The van der Waals surface area contributed by atoms with E-state index in [0.29, 0.717) is 17.1 Å².